The van der Waals surface area contributed by atoms with Gasteiger partial charge in [0.25, 0.3) is 0 Å². The first kappa shape index (κ1) is 13.7. The summed E-state index contributed by atoms with van der Waals surface area (Å²) < 4.78 is 6.17. The van der Waals surface area contributed by atoms with Crippen molar-refractivity contribution < 1.29 is 9.53 Å². The Balaban J connectivity index is 2.03. The van der Waals surface area contributed by atoms with Crippen LogP contribution in [0.2, 0.25) is 0 Å². The van der Waals surface area contributed by atoms with Crippen molar-refractivity contribution in [3.05, 3.63) is 63.9 Å². The van der Waals surface area contributed by atoms with E-state index in [0.29, 0.717) is 17.8 Å². The van der Waals surface area contributed by atoms with Crippen LogP contribution in [0.3, 0.4) is 0 Å². The van der Waals surface area contributed by atoms with Crippen molar-refractivity contribution in [3.8, 4) is 0 Å². The average Bonchev–Trinajstić information content (AvgIpc) is 2.46. The number of ether oxygens (including phenoxy) is 1. The SMILES string of the molecule is NCc1cc(C(=O)OCc2ccccc2Br)ccn1. The highest BCUT2D eigenvalue weighted by molar-refractivity contribution is 9.10. The molecule has 0 fully saturated rings. The first-order valence-corrected chi connectivity index (χ1v) is 6.55. The standard InChI is InChI=1S/C14H13BrN2O2/c15-13-4-2-1-3-11(13)9-19-14(18)10-5-6-17-12(7-10)8-16/h1-7H,8-9,16H2. The van der Waals surface area contributed by atoms with Crippen LogP contribution >= 0.6 is 15.9 Å². The number of hydrogen-bond acceptors (Lipinski definition) is 4. The van der Waals surface area contributed by atoms with Crippen LogP contribution in [0.25, 0.3) is 0 Å². The summed E-state index contributed by atoms with van der Waals surface area (Å²) >= 11 is 3.41. The molecule has 0 saturated heterocycles. The van der Waals surface area contributed by atoms with E-state index < -0.39 is 0 Å². The first-order chi connectivity index (χ1) is 9.20. The number of halogens is 1. The van der Waals surface area contributed by atoms with Gasteiger partial charge >= 0.3 is 5.97 Å². The molecule has 0 radical (unpaired) electrons. The molecule has 0 spiro atoms. The third kappa shape index (κ3) is 3.62. The molecule has 98 valence electrons. The predicted octanol–water partition coefficient (Wildman–Crippen LogP) is 2.66. The molecule has 1 aromatic carbocycles. The Hall–Kier alpha value is -1.72. The maximum absolute atomic E-state index is 11.9. The Labute approximate surface area is 119 Å². The molecule has 2 rings (SSSR count). The molecule has 0 saturated carbocycles. The van der Waals surface area contributed by atoms with Crippen LogP contribution < -0.4 is 5.73 Å². The Morgan fingerprint density at radius 3 is 2.84 bits per heavy atom. The Morgan fingerprint density at radius 2 is 2.11 bits per heavy atom. The number of hydrogen-bond donors (Lipinski definition) is 1. The molecule has 0 aliphatic carbocycles. The van der Waals surface area contributed by atoms with Gasteiger partial charge in [-0.1, -0.05) is 34.1 Å². The lowest BCUT2D eigenvalue weighted by molar-refractivity contribution is 0.0471. The highest BCUT2D eigenvalue weighted by Crippen LogP contribution is 2.17. The number of carbonyl (C=O) groups is 1. The summed E-state index contributed by atoms with van der Waals surface area (Å²) in [6.45, 7) is 0.520. The number of benzene rings is 1. The maximum atomic E-state index is 11.9. The molecule has 0 bridgehead atoms. The number of carbonyl (C=O) groups excluding carboxylic acids is 1. The molecule has 5 heteroatoms. The van der Waals surface area contributed by atoms with Gasteiger partial charge in [-0.15, -0.1) is 0 Å². The van der Waals surface area contributed by atoms with Crippen LogP contribution in [-0.4, -0.2) is 11.0 Å². The lowest BCUT2D eigenvalue weighted by atomic mass is 10.2. The van der Waals surface area contributed by atoms with Crippen molar-refractivity contribution >= 4 is 21.9 Å². The summed E-state index contributed by atoms with van der Waals surface area (Å²) in [7, 11) is 0. The molecule has 1 heterocycles. The lowest BCUT2D eigenvalue weighted by Gasteiger charge is -2.07. The van der Waals surface area contributed by atoms with E-state index in [1.165, 1.54) is 0 Å². The second kappa shape index (κ2) is 6.45. The topological polar surface area (TPSA) is 65.2 Å². The molecule has 0 aliphatic heterocycles. The normalized spacial score (nSPS) is 10.2. The minimum Gasteiger partial charge on any atom is -0.457 e. The van der Waals surface area contributed by atoms with E-state index in [2.05, 4.69) is 20.9 Å². The molecule has 1 aromatic heterocycles. The second-order valence-electron chi connectivity index (χ2n) is 3.91. The van der Waals surface area contributed by atoms with Crippen molar-refractivity contribution in [1.82, 2.24) is 4.98 Å². The van der Waals surface area contributed by atoms with Gasteiger partial charge in [0.1, 0.15) is 6.61 Å². The van der Waals surface area contributed by atoms with Crippen LogP contribution in [0.15, 0.2) is 47.1 Å². The predicted molar refractivity (Wildman–Crippen MR) is 75.4 cm³/mol. The minimum absolute atomic E-state index is 0.223. The van der Waals surface area contributed by atoms with Crippen molar-refractivity contribution in [1.29, 1.82) is 0 Å². The van der Waals surface area contributed by atoms with E-state index in [1.807, 2.05) is 24.3 Å². The smallest absolute Gasteiger partial charge is 0.338 e. The summed E-state index contributed by atoms with van der Waals surface area (Å²) in [5, 5.41) is 0. The van der Waals surface area contributed by atoms with E-state index in [4.69, 9.17) is 10.5 Å². The van der Waals surface area contributed by atoms with Crippen LogP contribution in [0.1, 0.15) is 21.6 Å². The largest absolute Gasteiger partial charge is 0.457 e. The zero-order chi connectivity index (χ0) is 13.7. The zero-order valence-corrected chi connectivity index (χ0v) is 11.8. The Bertz CT molecular complexity index is 587. The summed E-state index contributed by atoms with van der Waals surface area (Å²) in [4.78, 5) is 15.9. The maximum Gasteiger partial charge on any atom is 0.338 e. The number of nitrogens with zero attached hydrogens (tertiary/aromatic N) is 1. The van der Waals surface area contributed by atoms with Crippen molar-refractivity contribution in [2.75, 3.05) is 0 Å². The quantitative estimate of drug-likeness (QED) is 0.879. The molecular formula is C14H13BrN2O2. The van der Waals surface area contributed by atoms with Gasteiger partial charge in [0, 0.05) is 22.8 Å². The van der Waals surface area contributed by atoms with Crippen LogP contribution in [0, 0.1) is 0 Å². The van der Waals surface area contributed by atoms with E-state index in [0.717, 1.165) is 10.0 Å². The molecule has 19 heavy (non-hydrogen) atoms. The monoisotopic (exact) mass is 320 g/mol. The third-order valence-corrected chi connectivity index (χ3v) is 3.35. The molecule has 0 amide bonds. The van der Waals surface area contributed by atoms with Crippen molar-refractivity contribution in [2.24, 2.45) is 5.73 Å². The average molecular weight is 321 g/mol. The fourth-order valence-corrected chi connectivity index (χ4v) is 1.96. The lowest BCUT2D eigenvalue weighted by Crippen LogP contribution is -2.08. The van der Waals surface area contributed by atoms with Crippen LogP contribution in [0.4, 0.5) is 0 Å². The number of rotatable bonds is 4. The highest BCUT2D eigenvalue weighted by atomic mass is 79.9. The minimum atomic E-state index is -0.382. The van der Waals surface area contributed by atoms with Crippen molar-refractivity contribution in [3.63, 3.8) is 0 Å². The number of esters is 1. The van der Waals surface area contributed by atoms with Crippen LogP contribution in [-0.2, 0) is 17.9 Å². The fraction of sp³-hybridized carbons (Fsp3) is 0.143. The van der Waals surface area contributed by atoms with E-state index in [-0.39, 0.29) is 12.6 Å². The van der Waals surface area contributed by atoms with Gasteiger partial charge in [0.15, 0.2) is 0 Å². The molecule has 0 atom stereocenters. The Morgan fingerprint density at radius 1 is 1.32 bits per heavy atom. The van der Waals surface area contributed by atoms with Gasteiger partial charge in [-0.25, -0.2) is 4.79 Å². The van der Waals surface area contributed by atoms with E-state index in [9.17, 15) is 4.79 Å². The number of pyridine rings is 1. The summed E-state index contributed by atoms with van der Waals surface area (Å²) in [6.07, 6.45) is 1.55. The highest BCUT2D eigenvalue weighted by Gasteiger charge is 2.09. The van der Waals surface area contributed by atoms with Gasteiger partial charge in [-0.05, 0) is 18.2 Å². The molecule has 2 N–H and O–H groups in total. The van der Waals surface area contributed by atoms with Gasteiger partial charge in [0.05, 0.1) is 11.3 Å². The molecular weight excluding hydrogens is 308 g/mol. The Kier molecular flexibility index (Phi) is 4.65. The van der Waals surface area contributed by atoms with Crippen molar-refractivity contribution in [2.45, 2.75) is 13.2 Å². The zero-order valence-electron chi connectivity index (χ0n) is 10.2. The van der Waals surface area contributed by atoms with Gasteiger partial charge in [0.2, 0.25) is 0 Å². The molecule has 4 nitrogen and oxygen atoms in total. The van der Waals surface area contributed by atoms with Gasteiger partial charge in [-0.2, -0.15) is 0 Å². The van der Waals surface area contributed by atoms with Crippen LogP contribution in [0.5, 0.6) is 0 Å². The van der Waals surface area contributed by atoms with E-state index >= 15 is 0 Å². The second-order valence-corrected chi connectivity index (χ2v) is 4.76. The fourth-order valence-electron chi connectivity index (χ4n) is 1.56. The number of aromatic nitrogens is 1. The molecule has 2 aromatic rings. The summed E-state index contributed by atoms with van der Waals surface area (Å²) in [5.41, 5.74) is 7.53. The molecule has 0 aliphatic rings. The summed E-state index contributed by atoms with van der Waals surface area (Å²) in [5.74, 6) is -0.382. The van der Waals surface area contributed by atoms with E-state index in [1.54, 1.807) is 18.3 Å². The van der Waals surface area contributed by atoms with Gasteiger partial charge < -0.3 is 10.5 Å². The first-order valence-electron chi connectivity index (χ1n) is 5.76. The molecule has 0 unspecified atom stereocenters. The van der Waals surface area contributed by atoms with Gasteiger partial charge in [-0.3, -0.25) is 4.98 Å². The summed E-state index contributed by atoms with van der Waals surface area (Å²) in [6, 6.07) is 10.9. The third-order valence-electron chi connectivity index (χ3n) is 2.58. The number of nitrogens with two attached hydrogens (primary N) is 1.